The first-order valence-corrected chi connectivity index (χ1v) is 15.5. The Hall–Kier alpha value is -3.88. The number of aliphatic carboxylic acids is 1. The average molecular weight is 599 g/mol. The number of thiazole rings is 1. The van der Waals surface area contributed by atoms with E-state index < -0.39 is 28.0 Å². The molecule has 0 radical (unpaired) electrons. The van der Waals surface area contributed by atoms with E-state index in [1.807, 2.05) is 37.3 Å². The van der Waals surface area contributed by atoms with Crippen molar-refractivity contribution < 1.29 is 27.9 Å². The molecule has 1 amide bonds. The van der Waals surface area contributed by atoms with E-state index in [0.717, 1.165) is 16.9 Å². The van der Waals surface area contributed by atoms with Gasteiger partial charge in [-0.05, 0) is 43.0 Å². The molecule has 0 saturated carbocycles. The smallest absolute Gasteiger partial charge is 0.306 e. The lowest BCUT2D eigenvalue weighted by Gasteiger charge is -2.35. The highest BCUT2D eigenvalue weighted by Gasteiger charge is 2.37. The summed E-state index contributed by atoms with van der Waals surface area (Å²) in [7, 11) is -3.90. The Kier molecular flexibility index (Phi) is 8.33. The molecule has 3 N–H and O–H groups in total. The van der Waals surface area contributed by atoms with Crippen LogP contribution in [0.5, 0.6) is 5.75 Å². The number of sulfonamides is 1. The zero-order chi connectivity index (χ0) is 29.1. The van der Waals surface area contributed by atoms with E-state index in [2.05, 4.69) is 15.3 Å². The number of benzene rings is 2. The molecule has 5 rings (SSSR count). The lowest BCUT2D eigenvalue weighted by atomic mass is 9.87. The highest BCUT2D eigenvalue weighted by atomic mass is 32.2. The number of aromatic nitrogens is 4. The van der Waals surface area contributed by atoms with Crippen LogP contribution in [0.3, 0.4) is 0 Å². The lowest BCUT2D eigenvalue weighted by molar-refractivity contribution is -0.146. The van der Waals surface area contributed by atoms with Crippen LogP contribution in [0, 0.1) is 5.92 Å². The molecule has 1 saturated heterocycles. The summed E-state index contributed by atoms with van der Waals surface area (Å²) >= 11 is 0.959. The Morgan fingerprint density at radius 3 is 2.56 bits per heavy atom. The van der Waals surface area contributed by atoms with Gasteiger partial charge in [0.1, 0.15) is 24.1 Å². The Labute approximate surface area is 240 Å². The Balaban J connectivity index is 1.36. The normalized spacial score (nSPS) is 16.0. The number of piperidine rings is 1. The van der Waals surface area contributed by atoms with Gasteiger partial charge in [0, 0.05) is 19.0 Å². The van der Waals surface area contributed by atoms with Crippen molar-refractivity contribution in [2.75, 3.05) is 13.1 Å². The summed E-state index contributed by atoms with van der Waals surface area (Å²) in [4.78, 5) is 31.1. The summed E-state index contributed by atoms with van der Waals surface area (Å²) in [6, 6.07) is 14.1. The molecule has 41 heavy (non-hydrogen) atoms. The minimum Gasteiger partial charge on any atom is -0.487 e. The summed E-state index contributed by atoms with van der Waals surface area (Å²) in [6.07, 6.45) is 3.19. The third kappa shape index (κ3) is 6.39. The van der Waals surface area contributed by atoms with Gasteiger partial charge in [-0.15, -0.1) is 16.4 Å². The third-order valence-electron chi connectivity index (χ3n) is 7.27. The molecule has 4 aromatic rings. The van der Waals surface area contributed by atoms with Crippen molar-refractivity contribution in [2.45, 2.75) is 49.1 Å². The fourth-order valence-electron chi connectivity index (χ4n) is 5.11. The minimum atomic E-state index is -3.90. The molecule has 3 heterocycles. The third-order valence-corrected chi connectivity index (χ3v) is 9.61. The molecule has 2 aromatic heterocycles. The fourth-order valence-corrected chi connectivity index (χ4v) is 6.80. The van der Waals surface area contributed by atoms with Gasteiger partial charge in [0.2, 0.25) is 10.2 Å². The summed E-state index contributed by atoms with van der Waals surface area (Å²) in [5.74, 6) is -1.09. The Morgan fingerprint density at radius 1 is 1.17 bits per heavy atom. The van der Waals surface area contributed by atoms with Crippen molar-refractivity contribution in [3.8, 4) is 5.75 Å². The van der Waals surface area contributed by atoms with Gasteiger partial charge in [-0.2, -0.15) is 0 Å². The predicted octanol–water partition coefficient (Wildman–Crippen LogP) is 3.17. The van der Waals surface area contributed by atoms with E-state index in [4.69, 9.17) is 9.88 Å². The van der Waals surface area contributed by atoms with Crippen molar-refractivity contribution in [3.63, 3.8) is 0 Å². The van der Waals surface area contributed by atoms with Gasteiger partial charge in [0.25, 0.3) is 10.0 Å². The van der Waals surface area contributed by atoms with Gasteiger partial charge in [-0.25, -0.2) is 23.2 Å². The van der Waals surface area contributed by atoms with Gasteiger partial charge in [-0.1, -0.05) is 42.5 Å². The molecule has 2 atom stereocenters. The number of ether oxygens (including phenoxy) is 1. The number of carbonyl (C=O) groups is 2. The topological polar surface area (TPSA) is 171 Å². The SMILES string of the molecule is CCC(c1ccccc1)C(C(=O)N1CCC(C(=O)O)CC1)n1cc(COc2ccc3nc(S(N)(=O)=O)sc3c2)nn1. The number of carboxylic acids is 1. The molecule has 216 valence electrons. The molecule has 0 spiro atoms. The monoisotopic (exact) mass is 598 g/mol. The number of primary sulfonamides is 1. The number of hydrogen-bond acceptors (Lipinski definition) is 9. The number of carbonyl (C=O) groups excluding carboxylic acids is 1. The number of hydrogen-bond donors (Lipinski definition) is 2. The zero-order valence-corrected chi connectivity index (χ0v) is 23.9. The first-order valence-electron chi connectivity index (χ1n) is 13.2. The molecular weight excluding hydrogens is 568 g/mol. The van der Waals surface area contributed by atoms with Crippen molar-refractivity contribution in [1.29, 1.82) is 0 Å². The molecule has 12 nitrogen and oxygen atoms in total. The second kappa shape index (κ2) is 11.9. The number of fused-ring (bicyclic) bond motifs is 1. The Morgan fingerprint density at radius 2 is 1.90 bits per heavy atom. The predicted molar refractivity (Wildman–Crippen MR) is 151 cm³/mol. The molecule has 0 aliphatic carbocycles. The lowest BCUT2D eigenvalue weighted by Crippen LogP contribution is -2.45. The molecule has 1 fully saturated rings. The van der Waals surface area contributed by atoms with Gasteiger partial charge >= 0.3 is 5.97 Å². The molecule has 1 aliphatic rings. The van der Waals surface area contributed by atoms with E-state index in [1.54, 1.807) is 34.0 Å². The standard InChI is InChI=1S/C27H30N6O6S2/c1-2-21(17-6-4-3-5-7-17)24(25(34)32-12-10-18(11-13-32)26(35)36)33-15-19(30-31-33)16-39-20-8-9-22-23(14-20)40-27(29-22)41(28,37)38/h3-9,14-15,18,21,24H,2,10-13,16H2,1H3,(H,35,36)(H2,28,37,38). The highest BCUT2D eigenvalue weighted by molar-refractivity contribution is 7.91. The number of nitrogens with zero attached hydrogens (tertiary/aromatic N) is 5. The van der Waals surface area contributed by atoms with Crippen LogP contribution in [-0.2, 0) is 26.2 Å². The average Bonchev–Trinajstić information content (AvgIpc) is 3.62. The molecule has 2 unspecified atom stereocenters. The quantitative estimate of drug-likeness (QED) is 0.278. The van der Waals surface area contributed by atoms with Crippen molar-refractivity contribution in [2.24, 2.45) is 11.1 Å². The van der Waals surface area contributed by atoms with E-state index in [9.17, 15) is 23.1 Å². The minimum absolute atomic E-state index is 0.0688. The van der Waals surface area contributed by atoms with Crippen LogP contribution >= 0.6 is 11.3 Å². The maximum absolute atomic E-state index is 13.9. The summed E-state index contributed by atoms with van der Waals surface area (Å²) in [6.45, 7) is 2.83. The van der Waals surface area contributed by atoms with E-state index in [-0.39, 0.29) is 22.8 Å². The second-order valence-corrected chi connectivity index (χ2v) is 12.7. The van der Waals surface area contributed by atoms with Crippen molar-refractivity contribution in [3.05, 3.63) is 66.0 Å². The van der Waals surface area contributed by atoms with E-state index >= 15 is 0 Å². The first kappa shape index (κ1) is 28.6. The summed E-state index contributed by atoms with van der Waals surface area (Å²) < 4.78 is 31.2. The summed E-state index contributed by atoms with van der Waals surface area (Å²) in [5, 5.41) is 23.1. The zero-order valence-electron chi connectivity index (χ0n) is 22.3. The van der Waals surface area contributed by atoms with Crippen LogP contribution in [0.15, 0.2) is 59.1 Å². The van der Waals surface area contributed by atoms with Crippen LogP contribution in [0.2, 0.25) is 0 Å². The van der Waals surface area contributed by atoms with Gasteiger partial charge in [0.15, 0.2) is 0 Å². The number of nitrogens with two attached hydrogens (primary N) is 1. The van der Waals surface area contributed by atoms with E-state index in [0.29, 0.717) is 54.0 Å². The second-order valence-electron chi connectivity index (χ2n) is 9.94. The van der Waals surface area contributed by atoms with Crippen LogP contribution in [0.25, 0.3) is 10.2 Å². The molecule has 2 aromatic carbocycles. The first-order chi connectivity index (χ1) is 19.6. The number of rotatable bonds is 10. The van der Waals surface area contributed by atoms with Crippen molar-refractivity contribution in [1.82, 2.24) is 24.9 Å². The van der Waals surface area contributed by atoms with Gasteiger partial charge in [0.05, 0.1) is 22.3 Å². The Bertz CT molecular complexity index is 1650. The molecule has 0 bridgehead atoms. The van der Waals surface area contributed by atoms with Crippen LogP contribution in [0.1, 0.15) is 49.4 Å². The van der Waals surface area contributed by atoms with Gasteiger partial charge in [-0.3, -0.25) is 9.59 Å². The number of amides is 1. The number of carboxylic acid groups (broad SMARTS) is 1. The number of likely N-dealkylation sites (tertiary alicyclic amines) is 1. The largest absolute Gasteiger partial charge is 0.487 e. The highest BCUT2D eigenvalue weighted by Crippen LogP contribution is 2.34. The van der Waals surface area contributed by atoms with Gasteiger partial charge < -0.3 is 14.7 Å². The van der Waals surface area contributed by atoms with E-state index in [1.165, 1.54) is 0 Å². The van der Waals surface area contributed by atoms with Crippen molar-refractivity contribution >= 4 is 43.5 Å². The van der Waals surface area contributed by atoms with Crippen LogP contribution < -0.4 is 9.88 Å². The molecule has 1 aliphatic heterocycles. The van der Waals surface area contributed by atoms with Crippen LogP contribution in [0.4, 0.5) is 0 Å². The molecule has 14 heteroatoms. The summed E-state index contributed by atoms with van der Waals surface area (Å²) in [5.41, 5.74) is 2.00. The fraction of sp³-hybridized carbons (Fsp3) is 0.370. The van der Waals surface area contributed by atoms with Crippen LogP contribution in [-0.4, -0.2) is 63.4 Å². The molecular formula is C27H30N6O6S2. The maximum Gasteiger partial charge on any atom is 0.306 e. The maximum atomic E-state index is 13.9.